The molecule has 2 rings (SSSR count). The Morgan fingerprint density at radius 3 is 2.47 bits per heavy atom. The Hall–Kier alpha value is -1.56. The van der Waals surface area contributed by atoms with Gasteiger partial charge in [0.1, 0.15) is 5.72 Å². The van der Waals surface area contributed by atoms with Gasteiger partial charge in [0.05, 0.1) is 18.8 Å². The summed E-state index contributed by atoms with van der Waals surface area (Å²) in [6.45, 7) is 10.2. The maximum Gasteiger partial charge on any atom is 0.409 e. The molecule has 1 amide bonds. The van der Waals surface area contributed by atoms with Crippen molar-refractivity contribution in [2.24, 2.45) is 17.8 Å². The zero-order chi connectivity index (χ0) is 22.3. The van der Waals surface area contributed by atoms with Crippen LogP contribution in [-0.4, -0.2) is 46.5 Å². The van der Waals surface area contributed by atoms with Crippen LogP contribution in [0.4, 0.5) is 4.79 Å². The van der Waals surface area contributed by atoms with Crippen LogP contribution in [0.25, 0.3) is 0 Å². The summed E-state index contributed by atoms with van der Waals surface area (Å²) in [5.41, 5.74) is -0.821. The number of amides is 1. The predicted octanol–water partition coefficient (Wildman–Crippen LogP) is 5.61. The molecular formula is C24H41NO5. The monoisotopic (exact) mass is 423 g/mol. The summed E-state index contributed by atoms with van der Waals surface area (Å²) >= 11 is 0. The highest BCUT2D eigenvalue weighted by Crippen LogP contribution is 2.41. The van der Waals surface area contributed by atoms with Crippen LogP contribution in [0.3, 0.4) is 0 Å². The van der Waals surface area contributed by atoms with Gasteiger partial charge in [-0.1, -0.05) is 52.0 Å². The Kier molecular flexibility index (Phi) is 9.20. The van der Waals surface area contributed by atoms with E-state index >= 15 is 0 Å². The van der Waals surface area contributed by atoms with E-state index in [9.17, 15) is 14.7 Å². The fourth-order valence-corrected chi connectivity index (χ4v) is 5.14. The minimum absolute atomic E-state index is 0.115. The van der Waals surface area contributed by atoms with Crippen molar-refractivity contribution in [2.45, 2.75) is 104 Å². The molecule has 0 bridgehead atoms. The molecule has 0 aromatic heterocycles. The first-order valence-corrected chi connectivity index (χ1v) is 11.7. The number of esters is 1. The number of hydrogen-bond acceptors (Lipinski definition) is 4. The molecule has 1 N–H and O–H groups in total. The van der Waals surface area contributed by atoms with Gasteiger partial charge in [0.15, 0.2) is 0 Å². The van der Waals surface area contributed by atoms with Crippen molar-refractivity contribution >= 4 is 12.1 Å². The summed E-state index contributed by atoms with van der Waals surface area (Å²) in [7, 11) is 0. The van der Waals surface area contributed by atoms with Gasteiger partial charge in [0.2, 0.25) is 0 Å². The molecule has 1 saturated carbocycles. The van der Waals surface area contributed by atoms with E-state index in [1.54, 1.807) is 11.8 Å². The minimum atomic E-state index is -0.897. The zero-order valence-electron chi connectivity index (χ0n) is 19.4. The smallest absolute Gasteiger partial charge is 0.409 e. The second kappa shape index (κ2) is 11.2. The summed E-state index contributed by atoms with van der Waals surface area (Å²) in [6.07, 6.45) is 10.9. The summed E-state index contributed by atoms with van der Waals surface area (Å²) in [5.74, 6) is 0.967. The number of carbonyl (C=O) groups is 2. The topological polar surface area (TPSA) is 76.1 Å². The van der Waals surface area contributed by atoms with Crippen molar-refractivity contribution in [1.82, 2.24) is 4.90 Å². The molecule has 30 heavy (non-hydrogen) atoms. The standard InChI is InChI=1S/C24H41NO5/c1-6-29-22(26)14-10-13-19(17(2)3)16-21-20(15-18-11-8-7-9-12-18)25(23(27)28)24(4,5)30-21/h10,14,17-21H,6-9,11-13,15-16H2,1-5H3,(H,27,28)/b14-10+/t19-,20-,21-/m0/s1. The number of carbonyl (C=O) groups excluding carboxylic acids is 1. The lowest BCUT2D eigenvalue weighted by molar-refractivity contribution is -0.137. The van der Waals surface area contributed by atoms with Crippen molar-refractivity contribution in [3.05, 3.63) is 12.2 Å². The molecule has 1 aliphatic heterocycles. The molecule has 2 aliphatic rings. The summed E-state index contributed by atoms with van der Waals surface area (Å²) < 4.78 is 11.3. The molecule has 1 saturated heterocycles. The first kappa shape index (κ1) is 24.7. The first-order valence-electron chi connectivity index (χ1n) is 11.7. The molecule has 1 aliphatic carbocycles. The second-order valence-corrected chi connectivity index (χ2v) is 9.69. The average molecular weight is 424 g/mol. The lowest BCUT2D eigenvalue weighted by Gasteiger charge is -2.34. The summed E-state index contributed by atoms with van der Waals surface area (Å²) in [4.78, 5) is 25.3. The predicted molar refractivity (Wildman–Crippen MR) is 117 cm³/mol. The Morgan fingerprint density at radius 2 is 1.90 bits per heavy atom. The normalized spacial score (nSPS) is 25.7. The quantitative estimate of drug-likeness (QED) is 0.385. The van der Waals surface area contributed by atoms with Crippen LogP contribution in [0.5, 0.6) is 0 Å². The number of ether oxygens (including phenoxy) is 2. The molecule has 2 fully saturated rings. The molecule has 0 radical (unpaired) electrons. The second-order valence-electron chi connectivity index (χ2n) is 9.69. The molecule has 0 unspecified atom stereocenters. The van der Waals surface area contributed by atoms with E-state index in [0.29, 0.717) is 24.4 Å². The Labute approximate surface area is 182 Å². The van der Waals surface area contributed by atoms with Gasteiger partial charge in [-0.15, -0.1) is 0 Å². The van der Waals surface area contributed by atoms with Gasteiger partial charge in [0.25, 0.3) is 0 Å². The van der Waals surface area contributed by atoms with Crippen molar-refractivity contribution in [2.75, 3.05) is 6.61 Å². The molecule has 0 aromatic carbocycles. The highest BCUT2D eigenvalue weighted by Gasteiger charge is 2.50. The largest absolute Gasteiger partial charge is 0.465 e. The van der Waals surface area contributed by atoms with Gasteiger partial charge in [-0.3, -0.25) is 4.90 Å². The number of carboxylic acid groups (broad SMARTS) is 1. The molecule has 3 atom stereocenters. The van der Waals surface area contributed by atoms with Crippen molar-refractivity contribution < 1.29 is 24.2 Å². The van der Waals surface area contributed by atoms with Gasteiger partial charge in [-0.2, -0.15) is 0 Å². The maximum atomic E-state index is 12.1. The van der Waals surface area contributed by atoms with Gasteiger partial charge in [-0.05, 0) is 57.8 Å². The van der Waals surface area contributed by atoms with Gasteiger partial charge in [0, 0.05) is 6.08 Å². The highest BCUT2D eigenvalue weighted by molar-refractivity contribution is 5.81. The number of nitrogens with zero attached hydrogens (tertiary/aromatic N) is 1. The molecule has 0 aromatic rings. The van der Waals surface area contributed by atoms with E-state index < -0.39 is 11.8 Å². The van der Waals surface area contributed by atoms with Crippen LogP contribution in [0.2, 0.25) is 0 Å². The third kappa shape index (κ3) is 6.73. The van der Waals surface area contributed by atoms with Crippen LogP contribution in [0.1, 0.15) is 86.0 Å². The summed E-state index contributed by atoms with van der Waals surface area (Å²) in [5, 5.41) is 9.95. The van der Waals surface area contributed by atoms with Crippen LogP contribution in [0.15, 0.2) is 12.2 Å². The van der Waals surface area contributed by atoms with E-state index in [0.717, 1.165) is 19.3 Å². The van der Waals surface area contributed by atoms with E-state index in [4.69, 9.17) is 9.47 Å². The maximum absolute atomic E-state index is 12.1. The van der Waals surface area contributed by atoms with Gasteiger partial charge >= 0.3 is 12.1 Å². The molecule has 6 heteroatoms. The van der Waals surface area contributed by atoms with Crippen LogP contribution in [-0.2, 0) is 14.3 Å². The van der Waals surface area contributed by atoms with E-state index in [2.05, 4.69) is 13.8 Å². The third-order valence-electron chi connectivity index (χ3n) is 6.74. The van der Waals surface area contributed by atoms with Crippen molar-refractivity contribution in [3.8, 4) is 0 Å². The summed E-state index contributed by atoms with van der Waals surface area (Å²) in [6, 6.07) is -0.115. The molecule has 6 nitrogen and oxygen atoms in total. The zero-order valence-corrected chi connectivity index (χ0v) is 19.4. The number of rotatable bonds is 9. The molecule has 0 spiro atoms. The fourth-order valence-electron chi connectivity index (χ4n) is 5.14. The fraction of sp³-hybridized carbons (Fsp3) is 0.833. The minimum Gasteiger partial charge on any atom is -0.465 e. The number of hydrogen-bond donors (Lipinski definition) is 1. The average Bonchev–Trinajstić information content (AvgIpc) is 2.91. The SMILES string of the molecule is CCOC(=O)/C=C/C[C@@H](C[C@@H]1OC(C)(C)N(C(=O)O)[C@H]1CC1CCCCC1)C(C)C. The highest BCUT2D eigenvalue weighted by atomic mass is 16.6. The molecule has 1 heterocycles. The Bertz CT molecular complexity index is 594. The van der Waals surface area contributed by atoms with Crippen molar-refractivity contribution in [1.29, 1.82) is 0 Å². The van der Waals surface area contributed by atoms with E-state index in [1.807, 2.05) is 19.9 Å². The Morgan fingerprint density at radius 1 is 1.23 bits per heavy atom. The Balaban J connectivity index is 2.13. The molecular weight excluding hydrogens is 382 g/mol. The third-order valence-corrected chi connectivity index (χ3v) is 6.74. The lowest BCUT2D eigenvalue weighted by atomic mass is 9.80. The van der Waals surface area contributed by atoms with Crippen LogP contribution >= 0.6 is 0 Å². The van der Waals surface area contributed by atoms with Crippen molar-refractivity contribution in [3.63, 3.8) is 0 Å². The number of allylic oxidation sites excluding steroid dienone is 1. The van der Waals surface area contributed by atoms with Gasteiger partial charge < -0.3 is 14.6 Å². The van der Waals surface area contributed by atoms with E-state index in [1.165, 1.54) is 38.2 Å². The van der Waals surface area contributed by atoms with Crippen LogP contribution < -0.4 is 0 Å². The van der Waals surface area contributed by atoms with Gasteiger partial charge in [-0.25, -0.2) is 9.59 Å². The first-order chi connectivity index (χ1) is 14.2. The lowest BCUT2D eigenvalue weighted by Crippen LogP contribution is -2.48. The van der Waals surface area contributed by atoms with Crippen LogP contribution in [0, 0.1) is 17.8 Å². The molecule has 172 valence electrons. The van der Waals surface area contributed by atoms with E-state index in [-0.39, 0.29) is 18.1 Å².